The van der Waals surface area contributed by atoms with Gasteiger partial charge in [0.1, 0.15) is 0 Å². The average Bonchev–Trinajstić information content (AvgIpc) is 2.69. The molecule has 0 heterocycles. The standard InChI is InChI=1S/C7H15NO3S/c1-2-7(9)5-12(10,11)8-6-3-4-6/h6-9H,2-5H2,1H3. The summed E-state index contributed by atoms with van der Waals surface area (Å²) in [5, 5.41) is 9.11. The number of nitrogens with one attached hydrogen (secondary N) is 1. The normalized spacial score (nSPS) is 20.8. The van der Waals surface area contributed by atoms with Gasteiger partial charge in [-0.2, -0.15) is 0 Å². The van der Waals surface area contributed by atoms with Gasteiger partial charge in [-0.25, -0.2) is 13.1 Å². The van der Waals surface area contributed by atoms with Crippen LogP contribution in [-0.2, 0) is 10.0 Å². The highest BCUT2D eigenvalue weighted by molar-refractivity contribution is 7.89. The van der Waals surface area contributed by atoms with Gasteiger partial charge in [-0.3, -0.25) is 0 Å². The van der Waals surface area contributed by atoms with Crippen molar-refractivity contribution in [1.29, 1.82) is 0 Å². The van der Waals surface area contributed by atoms with E-state index in [-0.39, 0.29) is 11.8 Å². The van der Waals surface area contributed by atoms with Crippen LogP contribution < -0.4 is 4.72 Å². The molecule has 5 heteroatoms. The van der Waals surface area contributed by atoms with Crippen LogP contribution in [0.2, 0.25) is 0 Å². The minimum Gasteiger partial charge on any atom is -0.392 e. The molecule has 1 unspecified atom stereocenters. The fourth-order valence-electron chi connectivity index (χ4n) is 0.874. The largest absolute Gasteiger partial charge is 0.392 e. The van der Waals surface area contributed by atoms with Crippen LogP contribution in [0.5, 0.6) is 0 Å². The van der Waals surface area contributed by atoms with Gasteiger partial charge in [0, 0.05) is 6.04 Å². The molecule has 1 aliphatic carbocycles. The van der Waals surface area contributed by atoms with E-state index in [1.807, 2.05) is 0 Å². The molecule has 0 aromatic carbocycles. The lowest BCUT2D eigenvalue weighted by Crippen LogP contribution is -2.33. The lowest BCUT2D eigenvalue weighted by atomic mass is 10.3. The molecule has 0 aliphatic heterocycles. The van der Waals surface area contributed by atoms with Crippen molar-refractivity contribution in [3.8, 4) is 0 Å². The van der Waals surface area contributed by atoms with E-state index in [2.05, 4.69) is 4.72 Å². The summed E-state index contributed by atoms with van der Waals surface area (Å²) in [4.78, 5) is 0. The maximum absolute atomic E-state index is 11.2. The van der Waals surface area contributed by atoms with Gasteiger partial charge in [0.25, 0.3) is 0 Å². The molecule has 1 rings (SSSR count). The molecule has 1 atom stereocenters. The van der Waals surface area contributed by atoms with Crippen LogP contribution in [0.3, 0.4) is 0 Å². The summed E-state index contributed by atoms with van der Waals surface area (Å²) >= 11 is 0. The second-order valence-corrected chi connectivity index (χ2v) is 5.03. The molecule has 0 aromatic heterocycles. The van der Waals surface area contributed by atoms with Crippen LogP contribution in [0, 0.1) is 0 Å². The summed E-state index contributed by atoms with van der Waals surface area (Å²) in [6.07, 6.45) is 1.61. The molecule has 0 radical (unpaired) electrons. The summed E-state index contributed by atoms with van der Waals surface area (Å²) in [7, 11) is -3.23. The molecule has 0 saturated heterocycles. The van der Waals surface area contributed by atoms with E-state index < -0.39 is 16.1 Å². The van der Waals surface area contributed by atoms with E-state index in [0.717, 1.165) is 12.8 Å². The quantitative estimate of drug-likeness (QED) is 0.637. The Balaban J connectivity index is 2.36. The van der Waals surface area contributed by atoms with Crippen LogP contribution in [0.15, 0.2) is 0 Å². The number of hydrogen-bond acceptors (Lipinski definition) is 3. The molecular weight excluding hydrogens is 178 g/mol. The van der Waals surface area contributed by atoms with Crippen LogP contribution in [0.1, 0.15) is 26.2 Å². The summed E-state index contributed by atoms with van der Waals surface area (Å²) in [6, 6.07) is 0.138. The average molecular weight is 193 g/mol. The van der Waals surface area contributed by atoms with Crippen molar-refractivity contribution in [3.63, 3.8) is 0 Å². The van der Waals surface area contributed by atoms with Crippen LogP contribution >= 0.6 is 0 Å². The van der Waals surface area contributed by atoms with E-state index in [0.29, 0.717) is 6.42 Å². The fraction of sp³-hybridized carbons (Fsp3) is 1.00. The number of aliphatic hydroxyl groups excluding tert-OH is 1. The highest BCUT2D eigenvalue weighted by atomic mass is 32.2. The van der Waals surface area contributed by atoms with Gasteiger partial charge >= 0.3 is 0 Å². The van der Waals surface area contributed by atoms with Crippen molar-refractivity contribution in [1.82, 2.24) is 4.72 Å². The van der Waals surface area contributed by atoms with E-state index in [1.54, 1.807) is 6.92 Å². The van der Waals surface area contributed by atoms with Crippen molar-refractivity contribution >= 4 is 10.0 Å². The molecule has 4 nitrogen and oxygen atoms in total. The zero-order chi connectivity index (χ0) is 9.19. The van der Waals surface area contributed by atoms with E-state index in [9.17, 15) is 8.42 Å². The molecular formula is C7H15NO3S. The zero-order valence-corrected chi connectivity index (χ0v) is 7.97. The summed E-state index contributed by atoms with van der Waals surface area (Å²) in [5.74, 6) is -0.167. The van der Waals surface area contributed by atoms with Crippen molar-refractivity contribution in [2.75, 3.05) is 5.75 Å². The fourth-order valence-corrected chi connectivity index (χ4v) is 2.46. The van der Waals surface area contributed by atoms with Gasteiger partial charge in [0.15, 0.2) is 0 Å². The molecule has 0 spiro atoms. The molecule has 72 valence electrons. The monoisotopic (exact) mass is 193 g/mol. The third-order valence-electron chi connectivity index (χ3n) is 1.81. The van der Waals surface area contributed by atoms with Gasteiger partial charge in [-0.1, -0.05) is 6.92 Å². The Kier molecular flexibility index (Phi) is 3.09. The summed E-state index contributed by atoms with van der Waals surface area (Å²) < 4.78 is 24.9. The predicted molar refractivity (Wildman–Crippen MR) is 46.2 cm³/mol. The number of rotatable bonds is 5. The zero-order valence-electron chi connectivity index (χ0n) is 7.16. The number of aliphatic hydroxyl groups is 1. The third kappa shape index (κ3) is 3.51. The third-order valence-corrected chi connectivity index (χ3v) is 3.32. The van der Waals surface area contributed by atoms with Crippen molar-refractivity contribution in [2.24, 2.45) is 0 Å². The predicted octanol–water partition coefficient (Wildman–Crippen LogP) is -0.161. The molecule has 0 amide bonds. The first-order valence-electron chi connectivity index (χ1n) is 4.21. The minimum absolute atomic E-state index is 0.138. The Morgan fingerprint density at radius 3 is 2.58 bits per heavy atom. The van der Waals surface area contributed by atoms with Gasteiger partial charge in [-0.15, -0.1) is 0 Å². The van der Waals surface area contributed by atoms with Crippen molar-refractivity contribution < 1.29 is 13.5 Å². The lowest BCUT2D eigenvalue weighted by Gasteiger charge is -2.08. The first-order chi connectivity index (χ1) is 5.53. The maximum Gasteiger partial charge on any atom is 0.214 e. The summed E-state index contributed by atoms with van der Waals surface area (Å²) in [6.45, 7) is 1.76. The second-order valence-electron chi connectivity index (χ2n) is 3.24. The van der Waals surface area contributed by atoms with Gasteiger partial charge in [-0.05, 0) is 19.3 Å². The topological polar surface area (TPSA) is 66.4 Å². The molecule has 0 aromatic rings. The summed E-state index contributed by atoms with van der Waals surface area (Å²) in [5.41, 5.74) is 0. The van der Waals surface area contributed by atoms with Crippen molar-refractivity contribution in [3.05, 3.63) is 0 Å². The SMILES string of the molecule is CCC(O)CS(=O)(=O)NC1CC1. The van der Waals surface area contributed by atoms with Crippen LogP contribution in [-0.4, -0.2) is 31.4 Å². The first kappa shape index (κ1) is 9.95. The van der Waals surface area contributed by atoms with Gasteiger partial charge < -0.3 is 5.11 Å². The first-order valence-corrected chi connectivity index (χ1v) is 5.87. The van der Waals surface area contributed by atoms with E-state index in [1.165, 1.54) is 0 Å². The Morgan fingerprint density at radius 1 is 1.58 bits per heavy atom. The van der Waals surface area contributed by atoms with Gasteiger partial charge in [0.2, 0.25) is 10.0 Å². The number of hydrogen-bond donors (Lipinski definition) is 2. The highest BCUT2D eigenvalue weighted by Gasteiger charge is 2.27. The maximum atomic E-state index is 11.2. The Morgan fingerprint density at radius 2 is 2.17 bits per heavy atom. The van der Waals surface area contributed by atoms with E-state index in [4.69, 9.17) is 5.11 Å². The molecule has 2 N–H and O–H groups in total. The second kappa shape index (κ2) is 3.72. The Labute approximate surface area is 73.0 Å². The molecule has 1 saturated carbocycles. The van der Waals surface area contributed by atoms with Crippen LogP contribution in [0.4, 0.5) is 0 Å². The molecule has 0 bridgehead atoms. The Hall–Kier alpha value is -0.130. The smallest absolute Gasteiger partial charge is 0.214 e. The number of sulfonamides is 1. The van der Waals surface area contributed by atoms with E-state index >= 15 is 0 Å². The molecule has 1 fully saturated rings. The minimum atomic E-state index is -3.23. The van der Waals surface area contributed by atoms with Crippen LogP contribution in [0.25, 0.3) is 0 Å². The lowest BCUT2D eigenvalue weighted by molar-refractivity contribution is 0.193. The van der Waals surface area contributed by atoms with Gasteiger partial charge in [0.05, 0.1) is 11.9 Å². The Bertz CT molecular complexity index is 233. The molecule has 12 heavy (non-hydrogen) atoms. The van der Waals surface area contributed by atoms with Crippen molar-refractivity contribution in [2.45, 2.75) is 38.3 Å². The molecule has 1 aliphatic rings. The highest BCUT2D eigenvalue weighted by Crippen LogP contribution is 2.19.